The second-order valence-electron chi connectivity index (χ2n) is 15.6. The topological polar surface area (TPSA) is 42.0 Å². The Balaban J connectivity index is 0.00000562. The normalized spacial score (nSPS) is 17.2. The van der Waals surface area contributed by atoms with Crippen molar-refractivity contribution in [1.29, 1.82) is 0 Å². The van der Waals surface area contributed by atoms with Crippen LogP contribution < -0.4 is 9.47 Å². The molecule has 3 heterocycles. The van der Waals surface area contributed by atoms with Gasteiger partial charge in [0, 0.05) is 26.1 Å². The van der Waals surface area contributed by atoms with Crippen molar-refractivity contribution < 1.29 is 14.3 Å². The molecule has 0 amide bonds. The summed E-state index contributed by atoms with van der Waals surface area (Å²) >= 11 is 0. The monoisotopic (exact) mass is 706 g/mol. The number of hydrogen-bond acceptors (Lipinski definition) is 5. The molecule has 0 unspecified atom stereocenters. The number of carbonyl (C=O) groups excluding carboxylic acids is 1. The van der Waals surface area contributed by atoms with Gasteiger partial charge in [-0.15, -0.1) is 12.4 Å². The number of rotatable bonds is 21. The van der Waals surface area contributed by atoms with E-state index < -0.39 is 0 Å². The van der Waals surface area contributed by atoms with Crippen LogP contribution in [0.4, 0.5) is 0 Å². The summed E-state index contributed by atoms with van der Waals surface area (Å²) < 4.78 is 13.1. The van der Waals surface area contributed by atoms with E-state index in [0.717, 1.165) is 82.7 Å². The SMILES string of the molecule is CCCCCCCCCCCCCCc1cc(OC(=O)CCCN2CCCC2)c2c(c1)OC(C)(C)C1=C2CN(CCc2ccccc2)CC1.Cl. The molecule has 0 radical (unpaired) electrons. The lowest BCUT2D eigenvalue weighted by atomic mass is 9.81. The van der Waals surface area contributed by atoms with Gasteiger partial charge in [-0.3, -0.25) is 9.69 Å². The number of aryl methyl sites for hydroxylation is 1. The zero-order chi connectivity index (χ0) is 34.3. The number of nitrogens with zero attached hydrogens (tertiary/aromatic N) is 2. The molecule has 0 atom stereocenters. The van der Waals surface area contributed by atoms with E-state index in [4.69, 9.17) is 9.47 Å². The van der Waals surface area contributed by atoms with Crippen molar-refractivity contribution in [2.24, 2.45) is 0 Å². The summed E-state index contributed by atoms with van der Waals surface area (Å²) in [6.45, 7) is 12.9. The van der Waals surface area contributed by atoms with Crippen LogP contribution in [-0.4, -0.2) is 60.6 Å². The van der Waals surface area contributed by atoms with Crippen molar-refractivity contribution >= 4 is 23.9 Å². The summed E-state index contributed by atoms with van der Waals surface area (Å²) in [5.74, 6) is 1.49. The van der Waals surface area contributed by atoms with Crippen molar-refractivity contribution in [3.8, 4) is 11.5 Å². The maximum atomic E-state index is 13.4. The van der Waals surface area contributed by atoms with Crippen LogP contribution in [0.25, 0.3) is 5.57 Å². The third kappa shape index (κ3) is 12.4. The van der Waals surface area contributed by atoms with Gasteiger partial charge in [0.1, 0.15) is 17.1 Å². The van der Waals surface area contributed by atoms with Gasteiger partial charge in [0.05, 0.1) is 5.56 Å². The fraction of sp³-hybridized carbons (Fsp3) is 0.659. The lowest BCUT2D eigenvalue weighted by Gasteiger charge is -2.42. The van der Waals surface area contributed by atoms with Crippen LogP contribution in [0.5, 0.6) is 11.5 Å². The van der Waals surface area contributed by atoms with Crippen molar-refractivity contribution in [1.82, 2.24) is 9.80 Å². The van der Waals surface area contributed by atoms with Crippen molar-refractivity contribution in [2.45, 2.75) is 148 Å². The van der Waals surface area contributed by atoms with E-state index in [9.17, 15) is 4.79 Å². The Morgan fingerprint density at radius 1 is 0.760 bits per heavy atom. The van der Waals surface area contributed by atoms with Crippen LogP contribution in [0.2, 0.25) is 0 Å². The van der Waals surface area contributed by atoms with Gasteiger partial charge in [-0.2, -0.15) is 0 Å². The second kappa shape index (κ2) is 21.2. The van der Waals surface area contributed by atoms with E-state index in [1.165, 1.54) is 106 Å². The summed E-state index contributed by atoms with van der Waals surface area (Å²) in [5.41, 5.74) is 5.91. The molecule has 50 heavy (non-hydrogen) atoms. The molecule has 3 aliphatic rings. The quantitative estimate of drug-likeness (QED) is 0.0734. The molecule has 0 N–H and O–H groups in total. The number of fused-ring (bicyclic) bond motifs is 2. The van der Waals surface area contributed by atoms with Crippen LogP contribution in [-0.2, 0) is 17.6 Å². The van der Waals surface area contributed by atoms with Crippen molar-refractivity contribution in [2.75, 3.05) is 39.3 Å². The van der Waals surface area contributed by atoms with Gasteiger partial charge in [0.25, 0.3) is 0 Å². The maximum absolute atomic E-state index is 13.4. The van der Waals surface area contributed by atoms with Crippen LogP contribution in [0.3, 0.4) is 0 Å². The van der Waals surface area contributed by atoms with E-state index in [0.29, 0.717) is 12.2 Å². The van der Waals surface area contributed by atoms with E-state index in [1.54, 1.807) is 0 Å². The summed E-state index contributed by atoms with van der Waals surface area (Å²) in [4.78, 5) is 18.4. The summed E-state index contributed by atoms with van der Waals surface area (Å²) in [5, 5.41) is 0. The smallest absolute Gasteiger partial charge is 0.311 e. The molecule has 0 bridgehead atoms. The number of carbonyl (C=O) groups is 1. The summed E-state index contributed by atoms with van der Waals surface area (Å²) in [6.07, 6.45) is 23.0. The number of ether oxygens (including phenoxy) is 2. The highest BCUT2D eigenvalue weighted by Gasteiger charge is 2.39. The molecule has 0 spiro atoms. The second-order valence-corrected chi connectivity index (χ2v) is 15.6. The standard InChI is InChI=1S/C44H66N2O3.ClH/c1-4-5-6-7-8-9-10-11-12-13-14-16-24-37-33-40(48-42(47)25-21-30-45-28-19-20-29-45)43-38-35-46(31-26-36-22-17-15-18-23-36)32-27-39(38)44(2,3)49-41(43)34-37;/h15,17-18,22-23,33-34H,4-14,16,19-21,24-32,35H2,1-3H3;1H. The van der Waals surface area contributed by atoms with Gasteiger partial charge >= 0.3 is 5.97 Å². The molecule has 2 aromatic rings. The predicted octanol–water partition coefficient (Wildman–Crippen LogP) is 11.0. The van der Waals surface area contributed by atoms with Gasteiger partial charge in [0.2, 0.25) is 0 Å². The lowest BCUT2D eigenvalue weighted by molar-refractivity contribution is -0.134. The third-order valence-corrected chi connectivity index (χ3v) is 11.1. The molecule has 0 aromatic heterocycles. The summed E-state index contributed by atoms with van der Waals surface area (Å²) in [6, 6.07) is 15.2. The molecular weight excluding hydrogens is 640 g/mol. The molecule has 0 saturated carbocycles. The van der Waals surface area contributed by atoms with Gasteiger partial charge < -0.3 is 14.4 Å². The molecular formula is C44H67ClN2O3. The first kappa shape index (κ1) is 40.4. The highest BCUT2D eigenvalue weighted by Crippen LogP contribution is 2.48. The van der Waals surface area contributed by atoms with Crippen LogP contribution >= 0.6 is 12.4 Å². The molecule has 3 aliphatic heterocycles. The molecule has 1 fully saturated rings. The first-order valence-corrected chi connectivity index (χ1v) is 20.2. The van der Waals surface area contributed by atoms with Gasteiger partial charge in [-0.1, -0.05) is 108 Å². The zero-order valence-electron chi connectivity index (χ0n) is 31.7. The minimum absolute atomic E-state index is 0. The van der Waals surface area contributed by atoms with Gasteiger partial charge in [-0.05, 0) is 113 Å². The largest absolute Gasteiger partial charge is 0.483 e. The zero-order valence-corrected chi connectivity index (χ0v) is 32.6. The Morgan fingerprint density at radius 3 is 2.10 bits per heavy atom. The average Bonchev–Trinajstić information content (AvgIpc) is 3.61. The molecule has 278 valence electrons. The number of benzene rings is 2. The number of esters is 1. The Labute approximate surface area is 311 Å². The molecule has 2 aromatic carbocycles. The number of likely N-dealkylation sites (tertiary alicyclic amines) is 1. The van der Waals surface area contributed by atoms with Crippen molar-refractivity contribution in [3.05, 3.63) is 64.7 Å². The van der Waals surface area contributed by atoms with E-state index in [-0.39, 0.29) is 24.0 Å². The maximum Gasteiger partial charge on any atom is 0.311 e. The molecule has 6 heteroatoms. The first-order chi connectivity index (χ1) is 23.9. The lowest BCUT2D eigenvalue weighted by Crippen LogP contribution is -2.42. The highest BCUT2D eigenvalue weighted by atomic mass is 35.5. The molecule has 5 rings (SSSR count). The van der Waals surface area contributed by atoms with Gasteiger partial charge in [-0.25, -0.2) is 0 Å². The Morgan fingerprint density at radius 2 is 1.42 bits per heavy atom. The van der Waals surface area contributed by atoms with Crippen molar-refractivity contribution in [3.63, 3.8) is 0 Å². The Bertz CT molecular complexity index is 1330. The Hall–Kier alpha value is -2.34. The minimum atomic E-state index is -0.376. The molecule has 0 aliphatic carbocycles. The molecule has 1 saturated heterocycles. The number of unbranched alkanes of at least 4 members (excludes halogenated alkanes) is 11. The fourth-order valence-electron chi connectivity index (χ4n) is 8.22. The molecule has 5 nitrogen and oxygen atoms in total. The van der Waals surface area contributed by atoms with E-state index in [1.807, 2.05) is 0 Å². The Kier molecular flexibility index (Phi) is 17.2. The number of hydrogen-bond donors (Lipinski definition) is 0. The van der Waals surface area contributed by atoms with E-state index in [2.05, 4.69) is 73.0 Å². The first-order valence-electron chi connectivity index (χ1n) is 20.2. The predicted molar refractivity (Wildman–Crippen MR) is 212 cm³/mol. The average molecular weight is 707 g/mol. The number of halogens is 1. The minimum Gasteiger partial charge on any atom is -0.483 e. The van der Waals surface area contributed by atoms with Crippen LogP contribution in [0.15, 0.2) is 48.0 Å². The van der Waals surface area contributed by atoms with Crippen LogP contribution in [0, 0.1) is 0 Å². The van der Waals surface area contributed by atoms with E-state index >= 15 is 0 Å². The summed E-state index contributed by atoms with van der Waals surface area (Å²) in [7, 11) is 0. The van der Waals surface area contributed by atoms with Crippen LogP contribution in [0.1, 0.15) is 147 Å². The third-order valence-electron chi connectivity index (χ3n) is 11.1. The fourth-order valence-corrected chi connectivity index (χ4v) is 8.22. The van der Waals surface area contributed by atoms with Gasteiger partial charge in [0.15, 0.2) is 0 Å². The highest BCUT2D eigenvalue weighted by molar-refractivity contribution is 5.85.